The van der Waals surface area contributed by atoms with Crippen LogP contribution in [-0.2, 0) is 19.1 Å². The summed E-state index contributed by atoms with van der Waals surface area (Å²) in [5.41, 5.74) is 0. The number of aliphatic hydroxyl groups excluding tert-OH is 1. The van der Waals surface area contributed by atoms with Crippen LogP contribution in [-0.4, -0.2) is 36.4 Å². The van der Waals surface area contributed by atoms with Crippen LogP contribution in [0.1, 0.15) is 219 Å². The summed E-state index contributed by atoms with van der Waals surface area (Å²) >= 11 is 0. The zero-order chi connectivity index (χ0) is 37.8. The van der Waals surface area contributed by atoms with Crippen LogP contribution in [0.2, 0.25) is 0 Å². The largest absolute Gasteiger partial charge is 0.462 e. The van der Waals surface area contributed by atoms with Gasteiger partial charge in [-0.3, -0.25) is 9.59 Å². The highest BCUT2D eigenvalue weighted by Gasteiger charge is 2.16. The molecule has 0 aliphatic carbocycles. The molecule has 0 bridgehead atoms. The molecular formula is C47H84O5. The first kappa shape index (κ1) is 49.9. The van der Waals surface area contributed by atoms with Gasteiger partial charge in [-0.05, 0) is 77.0 Å². The smallest absolute Gasteiger partial charge is 0.306 e. The second-order valence-electron chi connectivity index (χ2n) is 14.8. The van der Waals surface area contributed by atoms with Crippen LogP contribution >= 0.6 is 0 Å². The first-order valence-electron chi connectivity index (χ1n) is 22.2. The van der Waals surface area contributed by atoms with Crippen LogP contribution in [0.5, 0.6) is 0 Å². The molecule has 0 radical (unpaired) electrons. The van der Waals surface area contributed by atoms with Crippen LogP contribution < -0.4 is 0 Å². The number of hydrogen-bond donors (Lipinski definition) is 1. The Morgan fingerprint density at radius 1 is 0.442 bits per heavy atom. The quantitative estimate of drug-likeness (QED) is 0.0386. The summed E-state index contributed by atoms with van der Waals surface area (Å²) in [4.78, 5) is 24.3. The molecule has 302 valence electrons. The van der Waals surface area contributed by atoms with Gasteiger partial charge in [0.25, 0.3) is 0 Å². The second-order valence-corrected chi connectivity index (χ2v) is 14.8. The third kappa shape index (κ3) is 40.6. The molecule has 0 aromatic heterocycles. The van der Waals surface area contributed by atoms with E-state index in [0.717, 1.165) is 64.2 Å². The molecule has 1 N–H and O–H groups in total. The monoisotopic (exact) mass is 729 g/mol. The first-order valence-corrected chi connectivity index (χ1v) is 22.2. The Bertz CT molecular complexity index is 873. The Kier molecular flexibility index (Phi) is 41.5. The van der Waals surface area contributed by atoms with Crippen molar-refractivity contribution in [2.24, 2.45) is 0 Å². The zero-order valence-corrected chi connectivity index (χ0v) is 34.3. The molecule has 0 heterocycles. The molecule has 0 aliphatic heterocycles. The van der Waals surface area contributed by atoms with E-state index < -0.39 is 6.10 Å². The fourth-order valence-corrected chi connectivity index (χ4v) is 6.20. The molecule has 0 unspecified atom stereocenters. The molecule has 5 heteroatoms. The van der Waals surface area contributed by atoms with Crippen molar-refractivity contribution in [2.45, 2.75) is 225 Å². The molecule has 0 spiro atoms. The molecule has 0 saturated heterocycles. The van der Waals surface area contributed by atoms with E-state index in [0.29, 0.717) is 12.8 Å². The molecule has 0 fully saturated rings. The van der Waals surface area contributed by atoms with Gasteiger partial charge < -0.3 is 14.6 Å². The number of allylic oxidation sites excluding steroid dienone is 8. The molecule has 0 rings (SSSR count). The van der Waals surface area contributed by atoms with Crippen molar-refractivity contribution in [1.82, 2.24) is 0 Å². The maximum atomic E-state index is 12.2. The number of esters is 2. The third-order valence-electron chi connectivity index (χ3n) is 9.60. The lowest BCUT2D eigenvalue weighted by Gasteiger charge is -2.15. The van der Waals surface area contributed by atoms with Crippen molar-refractivity contribution in [3.05, 3.63) is 48.6 Å². The normalized spacial score (nSPS) is 12.6. The summed E-state index contributed by atoms with van der Waals surface area (Å²) in [6.07, 6.45) is 54.6. The van der Waals surface area contributed by atoms with Gasteiger partial charge in [-0.25, -0.2) is 0 Å². The van der Waals surface area contributed by atoms with Gasteiger partial charge in [0.1, 0.15) is 6.61 Å². The van der Waals surface area contributed by atoms with Crippen molar-refractivity contribution in [3.63, 3.8) is 0 Å². The highest BCUT2D eigenvalue weighted by atomic mass is 16.6. The highest BCUT2D eigenvalue weighted by Crippen LogP contribution is 2.14. The molecule has 0 aliphatic rings. The standard InChI is InChI=1S/C47H84O5/c1-3-5-7-9-11-13-15-17-19-21-22-23-24-26-28-30-32-34-36-38-40-42-47(50)52-45(43-48)44-51-46(49)41-39-37-35-33-31-29-27-25-20-18-16-14-12-10-8-6-4-2/h12,14,17-20,27,29,45,48H,3-11,13,15-16,21-26,28,30-44H2,1-2H3/t45-/m0/s1. The SMILES string of the molecule is CCCCCC=CCC=CCC=CCCCCCCC(=O)OC[C@H](CO)OC(=O)CCCCCCCCCCCCCC=CCCCCCCCC. The van der Waals surface area contributed by atoms with E-state index in [4.69, 9.17) is 9.47 Å². The van der Waals surface area contributed by atoms with Crippen LogP contribution in [0.15, 0.2) is 48.6 Å². The predicted octanol–water partition coefficient (Wildman–Crippen LogP) is 14.2. The van der Waals surface area contributed by atoms with Crippen LogP contribution in [0.4, 0.5) is 0 Å². The maximum absolute atomic E-state index is 12.2. The number of rotatable bonds is 40. The van der Waals surface area contributed by atoms with E-state index in [1.54, 1.807) is 0 Å². The molecule has 0 amide bonds. The number of aliphatic hydroxyl groups is 1. The Morgan fingerprint density at radius 2 is 0.769 bits per heavy atom. The number of unbranched alkanes of at least 4 members (excludes halogenated alkanes) is 24. The summed E-state index contributed by atoms with van der Waals surface area (Å²) in [5.74, 6) is -0.613. The summed E-state index contributed by atoms with van der Waals surface area (Å²) in [5, 5.41) is 9.58. The minimum absolute atomic E-state index is 0.0775. The van der Waals surface area contributed by atoms with Gasteiger partial charge >= 0.3 is 11.9 Å². The van der Waals surface area contributed by atoms with Crippen molar-refractivity contribution >= 4 is 11.9 Å². The van der Waals surface area contributed by atoms with E-state index in [2.05, 4.69) is 62.5 Å². The molecule has 1 atom stereocenters. The average molecular weight is 729 g/mol. The summed E-state index contributed by atoms with van der Waals surface area (Å²) in [7, 11) is 0. The summed E-state index contributed by atoms with van der Waals surface area (Å²) in [6, 6.07) is 0. The molecule has 0 aromatic carbocycles. The fourth-order valence-electron chi connectivity index (χ4n) is 6.20. The van der Waals surface area contributed by atoms with Crippen molar-refractivity contribution < 1.29 is 24.2 Å². The van der Waals surface area contributed by atoms with Gasteiger partial charge in [-0.2, -0.15) is 0 Å². The van der Waals surface area contributed by atoms with Gasteiger partial charge in [-0.1, -0.05) is 178 Å². The fraction of sp³-hybridized carbons (Fsp3) is 0.787. The zero-order valence-electron chi connectivity index (χ0n) is 34.3. The van der Waals surface area contributed by atoms with Crippen LogP contribution in [0, 0.1) is 0 Å². The average Bonchev–Trinajstić information content (AvgIpc) is 3.15. The van der Waals surface area contributed by atoms with Crippen LogP contribution in [0.25, 0.3) is 0 Å². The molecular weight excluding hydrogens is 645 g/mol. The Hall–Kier alpha value is -2.14. The van der Waals surface area contributed by atoms with Crippen molar-refractivity contribution in [1.29, 1.82) is 0 Å². The molecule has 5 nitrogen and oxygen atoms in total. The minimum Gasteiger partial charge on any atom is -0.462 e. The number of hydrogen-bond acceptors (Lipinski definition) is 5. The molecule has 0 saturated carbocycles. The Labute approximate surface area is 322 Å². The molecule has 52 heavy (non-hydrogen) atoms. The lowest BCUT2D eigenvalue weighted by Crippen LogP contribution is -2.28. The number of carbonyl (C=O) groups is 2. The first-order chi connectivity index (χ1) is 25.6. The number of carbonyl (C=O) groups excluding carboxylic acids is 2. The van der Waals surface area contributed by atoms with E-state index >= 15 is 0 Å². The van der Waals surface area contributed by atoms with E-state index in [1.807, 2.05) is 0 Å². The van der Waals surface area contributed by atoms with E-state index in [9.17, 15) is 14.7 Å². The van der Waals surface area contributed by atoms with Gasteiger partial charge in [-0.15, -0.1) is 0 Å². The molecule has 0 aromatic rings. The highest BCUT2D eigenvalue weighted by molar-refractivity contribution is 5.70. The number of ether oxygens (including phenoxy) is 2. The van der Waals surface area contributed by atoms with Crippen molar-refractivity contribution in [3.8, 4) is 0 Å². The Morgan fingerprint density at radius 3 is 1.21 bits per heavy atom. The predicted molar refractivity (Wildman–Crippen MR) is 224 cm³/mol. The van der Waals surface area contributed by atoms with E-state index in [1.165, 1.54) is 128 Å². The maximum Gasteiger partial charge on any atom is 0.306 e. The van der Waals surface area contributed by atoms with Gasteiger partial charge in [0.2, 0.25) is 0 Å². The lowest BCUT2D eigenvalue weighted by molar-refractivity contribution is -0.161. The minimum atomic E-state index is -0.781. The van der Waals surface area contributed by atoms with Crippen LogP contribution in [0.3, 0.4) is 0 Å². The van der Waals surface area contributed by atoms with Gasteiger partial charge in [0, 0.05) is 12.8 Å². The third-order valence-corrected chi connectivity index (χ3v) is 9.60. The summed E-state index contributed by atoms with van der Waals surface area (Å²) < 4.78 is 10.6. The topological polar surface area (TPSA) is 72.8 Å². The Balaban J connectivity index is 3.56. The lowest BCUT2D eigenvalue weighted by atomic mass is 10.0. The van der Waals surface area contributed by atoms with Gasteiger partial charge in [0.15, 0.2) is 6.10 Å². The van der Waals surface area contributed by atoms with Gasteiger partial charge in [0.05, 0.1) is 6.61 Å². The van der Waals surface area contributed by atoms with Crippen molar-refractivity contribution in [2.75, 3.05) is 13.2 Å². The van der Waals surface area contributed by atoms with E-state index in [-0.39, 0.29) is 25.2 Å². The summed E-state index contributed by atoms with van der Waals surface area (Å²) in [6.45, 7) is 4.10. The second kappa shape index (κ2) is 43.3.